The van der Waals surface area contributed by atoms with E-state index >= 15 is 0 Å². The molecule has 2 aromatic heterocycles. The summed E-state index contributed by atoms with van der Waals surface area (Å²) in [4.78, 5) is 37.9. The molecule has 0 spiro atoms. The number of aromatic nitrogens is 2. The van der Waals surface area contributed by atoms with Gasteiger partial charge in [-0.3, -0.25) is 4.79 Å². The van der Waals surface area contributed by atoms with E-state index in [0.29, 0.717) is 26.2 Å². The second kappa shape index (κ2) is 8.05. The summed E-state index contributed by atoms with van der Waals surface area (Å²) in [5.74, 6) is 0.0517. The molecule has 1 aliphatic heterocycles. The normalized spacial score (nSPS) is 15.8. The van der Waals surface area contributed by atoms with Crippen molar-refractivity contribution in [2.45, 2.75) is 26.3 Å². The molecule has 0 saturated carbocycles. The molecule has 0 unspecified atom stereocenters. The van der Waals surface area contributed by atoms with E-state index in [1.807, 2.05) is 4.90 Å². The van der Waals surface area contributed by atoms with Crippen LogP contribution in [0.15, 0.2) is 6.07 Å². The molecule has 3 heterocycles. The zero-order valence-electron chi connectivity index (χ0n) is 15.4. The Morgan fingerprint density at radius 3 is 2.59 bits per heavy atom. The molecule has 0 radical (unpaired) electrons. The van der Waals surface area contributed by atoms with Crippen molar-refractivity contribution in [3.8, 4) is 0 Å². The number of carbonyl (C=O) groups excluding carboxylic acids is 1. The number of aliphatic carboxylic acids is 1. The van der Waals surface area contributed by atoms with Crippen molar-refractivity contribution >= 4 is 45.2 Å². The number of rotatable bonds is 6. The fourth-order valence-electron chi connectivity index (χ4n) is 3.05. The van der Waals surface area contributed by atoms with Crippen LogP contribution < -0.4 is 16.0 Å². The number of hydrogen-bond acceptors (Lipinski definition) is 8. The van der Waals surface area contributed by atoms with E-state index in [1.165, 1.54) is 4.88 Å². The molecule has 0 bridgehead atoms. The molecule has 2 aromatic rings. The third-order valence-electron chi connectivity index (χ3n) is 4.63. The highest BCUT2D eigenvalue weighted by atomic mass is 32.1. The lowest BCUT2D eigenvalue weighted by atomic mass is 10.2. The van der Waals surface area contributed by atoms with E-state index in [4.69, 9.17) is 5.73 Å². The maximum atomic E-state index is 11.6. The summed E-state index contributed by atoms with van der Waals surface area (Å²) in [6.07, 6.45) is 0.891. The Morgan fingerprint density at radius 1 is 1.33 bits per heavy atom. The van der Waals surface area contributed by atoms with Gasteiger partial charge in [0, 0.05) is 44.5 Å². The number of carboxylic acids is 1. The molecule has 9 nitrogen and oxygen atoms in total. The van der Waals surface area contributed by atoms with Gasteiger partial charge in [-0.1, -0.05) is 6.92 Å². The second-order valence-corrected chi connectivity index (χ2v) is 7.54. The Kier molecular flexibility index (Phi) is 5.76. The number of thiophene rings is 1. The molecule has 4 N–H and O–H groups in total. The average molecular weight is 392 g/mol. The smallest absolute Gasteiger partial charge is 0.327 e. The summed E-state index contributed by atoms with van der Waals surface area (Å²) in [5.41, 5.74) is 5.54. The van der Waals surface area contributed by atoms with Gasteiger partial charge in [-0.15, -0.1) is 11.3 Å². The Hall–Kier alpha value is -2.46. The first-order valence-corrected chi connectivity index (χ1v) is 9.75. The molecular formula is C17H24N6O3S. The molecule has 1 amide bonds. The predicted octanol–water partition coefficient (Wildman–Crippen LogP) is 0.746. The van der Waals surface area contributed by atoms with Crippen LogP contribution in [0.25, 0.3) is 10.2 Å². The monoisotopic (exact) mass is 392 g/mol. The van der Waals surface area contributed by atoms with Crippen molar-refractivity contribution in [3.05, 3.63) is 10.9 Å². The first-order valence-electron chi connectivity index (χ1n) is 8.93. The van der Waals surface area contributed by atoms with Crippen molar-refractivity contribution < 1.29 is 14.7 Å². The molecule has 146 valence electrons. The number of carbonyl (C=O) groups is 2. The number of anilines is 2. The van der Waals surface area contributed by atoms with Crippen LogP contribution in [0.4, 0.5) is 11.8 Å². The summed E-state index contributed by atoms with van der Waals surface area (Å²) in [5, 5.41) is 13.0. The van der Waals surface area contributed by atoms with Gasteiger partial charge in [0.05, 0.1) is 5.39 Å². The number of nitrogens with two attached hydrogens (primary N) is 1. The average Bonchev–Trinajstić information content (AvgIpc) is 3.08. The zero-order chi connectivity index (χ0) is 19.6. The minimum absolute atomic E-state index is 0.0615. The highest BCUT2D eigenvalue weighted by molar-refractivity contribution is 7.18. The molecular weight excluding hydrogens is 368 g/mol. The third kappa shape index (κ3) is 4.11. The fourth-order valence-corrected chi connectivity index (χ4v) is 4.01. The van der Waals surface area contributed by atoms with Gasteiger partial charge in [0.25, 0.3) is 0 Å². The number of hydrogen-bond donors (Lipinski definition) is 3. The lowest BCUT2D eigenvalue weighted by Crippen LogP contribution is -2.48. The molecule has 1 saturated heterocycles. The van der Waals surface area contributed by atoms with E-state index in [2.05, 4.69) is 33.2 Å². The Morgan fingerprint density at radius 2 is 2.04 bits per heavy atom. The Labute approximate surface area is 161 Å². The minimum Gasteiger partial charge on any atom is -0.480 e. The van der Waals surface area contributed by atoms with Crippen LogP contribution in [0.2, 0.25) is 0 Å². The number of carboxylic acid groups (broad SMARTS) is 1. The van der Waals surface area contributed by atoms with Gasteiger partial charge in [0.2, 0.25) is 11.9 Å². The van der Waals surface area contributed by atoms with Gasteiger partial charge in [-0.25, -0.2) is 9.78 Å². The van der Waals surface area contributed by atoms with Crippen molar-refractivity contribution in [2.75, 3.05) is 42.9 Å². The first-order chi connectivity index (χ1) is 12.9. The number of nitrogens with zero attached hydrogens (tertiary/aromatic N) is 4. The molecule has 0 aliphatic carbocycles. The summed E-state index contributed by atoms with van der Waals surface area (Å²) in [7, 11) is 0. The molecule has 10 heteroatoms. The van der Waals surface area contributed by atoms with E-state index in [-0.39, 0.29) is 18.4 Å². The topological polar surface area (TPSA) is 125 Å². The number of piperazine rings is 1. The van der Waals surface area contributed by atoms with Gasteiger partial charge < -0.3 is 26.0 Å². The molecule has 1 atom stereocenters. The van der Waals surface area contributed by atoms with Crippen molar-refractivity contribution in [1.29, 1.82) is 0 Å². The summed E-state index contributed by atoms with van der Waals surface area (Å²) < 4.78 is 0. The Balaban J connectivity index is 1.95. The second-order valence-electron chi connectivity index (χ2n) is 6.42. The van der Waals surface area contributed by atoms with Crippen LogP contribution in [0.1, 0.15) is 18.7 Å². The number of amides is 1. The summed E-state index contributed by atoms with van der Waals surface area (Å²) in [6.45, 7) is 6.20. The molecule has 0 aromatic carbocycles. The number of fused-ring (bicyclic) bond motifs is 1. The molecule has 1 fully saturated rings. The van der Waals surface area contributed by atoms with Crippen LogP contribution >= 0.6 is 11.3 Å². The van der Waals surface area contributed by atoms with Gasteiger partial charge in [0.15, 0.2) is 0 Å². The summed E-state index contributed by atoms with van der Waals surface area (Å²) >= 11 is 1.58. The van der Waals surface area contributed by atoms with Gasteiger partial charge in [0.1, 0.15) is 16.7 Å². The molecule has 27 heavy (non-hydrogen) atoms. The van der Waals surface area contributed by atoms with Gasteiger partial charge in [-0.2, -0.15) is 4.98 Å². The van der Waals surface area contributed by atoms with Crippen LogP contribution in [-0.4, -0.2) is 70.6 Å². The number of aryl methyl sites for hydroxylation is 1. The highest BCUT2D eigenvalue weighted by Gasteiger charge is 2.24. The minimum atomic E-state index is -1.04. The highest BCUT2D eigenvalue weighted by Crippen LogP contribution is 2.33. The maximum Gasteiger partial charge on any atom is 0.327 e. The predicted molar refractivity (Wildman–Crippen MR) is 105 cm³/mol. The quantitative estimate of drug-likeness (QED) is 0.658. The van der Waals surface area contributed by atoms with Crippen LogP contribution in [0.5, 0.6) is 0 Å². The van der Waals surface area contributed by atoms with Crippen molar-refractivity contribution in [3.63, 3.8) is 0 Å². The summed E-state index contributed by atoms with van der Waals surface area (Å²) in [6, 6.07) is 1.14. The zero-order valence-corrected chi connectivity index (χ0v) is 16.3. The van der Waals surface area contributed by atoms with Crippen LogP contribution in [0.3, 0.4) is 0 Å². The van der Waals surface area contributed by atoms with Crippen LogP contribution in [-0.2, 0) is 16.0 Å². The number of nitrogens with one attached hydrogen (secondary N) is 1. The lowest BCUT2D eigenvalue weighted by molar-refractivity contribution is -0.137. The van der Waals surface area contributed by atoms with E-state index in [1.54, 1.807) is 18.3 Å². The Bertz CT molecular complexity index is 847. The van der Waals surface area contributed by atoms with E-state index < -0.39 is 12.0 Å². The van der Waals surface area contributed by atoms with Gasteiger partial charge >= 0.3 is 5.97 Å². The van der Waals surface area contributed by atoms with E-state index in [9.17, 15) is 14.7 Å². The van der Waals surface area contributed by atoms with Crippen molar-refractivity contribution in [1.82, 2.24) is 14.9 Å². The van der Waals surface area contributed by atoms with Gasteiger partial charge in [-0.05, 0) is 12.5 Å². The standard InChI is InChI=1S/C17H24N6O3S/c1-3-11-8-12-14(23-6-4-22(5-7-23)10(2)24)20-17(21-15(12)27-11)19-13(9-18)16(25)26/h8,13H,3-7,9,18H2,1-2H3,(H,25,26)(H,19,20,21)/t13-/m1/s1. The molecule has 3 rings (SSSR count). The van der Waals surface area contributed by atoms with Crippen molar-refractivity contribution in [2.24, 2.45) is 5.73 Å². The largest absolute Gasteiger partial charge is 0.480 e. The van der Waals surface area contributed by atoms with Crippen LogP contribution in [0, 0.1) is 0 Å². The van der Waals surface area contributed by atoms with E-state index in [0.717, 1.165) is 22.5 Å². The maximum absolute atomic E-state index is 11.6. The first kappa shape index (κ1) is 19.3. The third-order valence-corrected chi connectivity index (χ3v) is 5.81. The SMILES string of the molecule is CCc1cc2c(N3CCN(C(C)=O)CC3)nc(N[C@H](CN)C(=O)O)nc2s1. The molecule has 1 aliphatic rings. The fraction of sp³-hybridized carbons (Fsp3) is 0.529. The lowest BCUT2D eigenvalue weighted by Gasteiger charge is -2.35.